The number of benzene rings is 2. The standard InChI is InChI=1S/C16H18N2O/c1-12-6-5-9-14(10-12)18-16(19)15(17)11-13-7-3-2-4-8-13/h2-10,15H,11,17H2,1H3,(H,18,19). The summed E-state index contributed by atoms with van der Waals surface area (Å²) in [5, 5.41) is 2.84. The summed E-state index contributed by atoms with van der Waals surface area (Å²) in [5.74, 6) is -0.158. The van der Waals surface area contributed by atoms with Gasteiger partial charge in [0, 0.05) is 5.69 Å². The lowest BCUT2D eigenvalue weighted by atomic mass is 10.1. The Hall–Kier alpha value is -2.13. The van der Waals surface area contributed by atoms with Crippen molar-refractivity contribution in [1.29, 1.82) is 0 Å². The summed E-state index contributed by atoms with van der Waals surface area (Å²) >= 11 is 0. The minimum Gasteiger partial charge on any atom is -0.325 e. The molecule has 0 aliphatic heterocycles. The molecular formula is C16H18N2O. The summed E-state index contributed by atoms with van der Waals surface area (Å²) in [4.78, 5) is 12.0. The molecule has 0 aliphatic rings. The van der Waals surface area contributed by atoms with Gasteiger partial charge in [0.15, 0.2) is 0 Å². The Morgan fingerprint density at radius 1 is 1.16 bits per heavy atom. The molecule has 0 radical (unpaired) electrons. The van der Waals surface area contributed by atoms with E-state index in [2.05, 4.69) is 5.32 Å². The SMILES string of the molecule is Cc1cccc(NC(=O)C(N)Cc2ccccc2)c1. The Bertz CT molecular complexity index is 552. The van der Waals surface area contributed by atoms with Gasteiger partial charge in [-0.2, -0.15) is 0 Å². The highest BCUT2D eigenvalue weighted by molar-refractivity contribution is 5.94. The van der Waals surface area contributed by atoms with E-state index in [0.717, 1.165) is 16.8 Å². The number of rotatable bonds is 4. The van der Waals surface area contributed by atoms with E-state index >= 15 is 0 Å². The molecule has 0 heterocycles. The molecule has 0 bridgehead atoms. The van der Waals surface area contributed by atoms with E-state index < -0.39 is 6.04 Å². The van der Waals surface area contributed by atoms with Crippen molar-refractivity contribution < 1.29 is 4.79 Å². The first-order chi connectivity index (χ1) is 9.15. The zero-order chi connectivity index (χ0) is 13.7. The van der Waals surface area contributed by atoms with E-state index in [-0.39, 0.29) is 5.91 Å². The van der Waals surface area contributed by atoms with Crippen LogP contribution in [-0.4, -0.2) is 11.9 Å². The maximum Gasteiger partial charge on any atom is 0.241 e. The van der Waals surface area contributed by atoms with Crippen molar-refractivity contribution in [2.24, 2.45) is 5.73 Å². The Morgan fingerprint density at radius 3 is 2.58 bits per heavy atom. The lowest BCUT2D eigenvalue weighted by molar-refractivity contribution is -0.117. The van der Waals surface area contributed by atoms with Gasteiger partial charge in [0.1, 0.15) is 0 Å². The first kappa shape index (κ1) is 13.3. The third kappa shape index (κ3) is 3.93. The van der Waals surface area contributed by atoms with Crippen molar-refractivity contribution in [3.8, 4) is 0 Å². The van der Waals surface area contributed by atoms with Crippen LogP contribution < -0.4 is 11.1 Å². The molecule has 19 heavy (non-hydrogen) atoms. The van der Waals surface area contributed by atoms with Crippen molar-refractivity contribution in [3.05, 3.63) is 65.7 Å². The van der Waals surface area contributed by atoms with Crippen LogP contribution in [-0.2, 0) is 11.2 Å². The molecule has 0 saturated heterocycles. The van der Waals surface area contributed by atoms with Crippen molar-refractivity contribution in [1.82, 2.24) is 0 Å². The van der Waals surface area contributed by atoms with Gasteiger partial charge in [-0.1, -0.05) is 42.5 Å². The Morgan fingerprint density at radius 2 is 1.89 bits per heavy atom. The quantitative estimate of drug-likeness (QED) is 0.880. The second-order valence-corrected chi connectivity index (χ2v) is 4.65. The van der Waals surface area contributed by atoms with Crippen LogP contribution in [0, 0.1) is 6.92 Å². The summed E-state index contributed by atoms with van der Waals surface area (Å²) in [6.07, 6.45) is 0.540. The molecule has 3 heteroatoms. The lowest BCUT2D eigenvalue weighted by Gasteiger charge is -2.12. The molecule has 2 rings (SSSR count). The number of hydrogen-bond donors (Lipinski definition) is 2. The highest BCUT2D eigenvalue weighted by atomic mass is 16.2. The molecule has 3 N–H and O–H groups in total. The van der Waals surface area contributed by atoms with Crippen LogP contribution in [0.4, 0.5) is 5.69 Å². The molecule has 98 valence electrons. The molecule has 2 aromatic rings. The van der Waals surface area contributed by atoms with E-state index in [1.54, 1.807) is 0 Å². The highest BCUT2D eigenvalue weighted by Crippen LogP contribution is 2.10. The van der Waals surface area contributed by atoms with E-state index in [9.17, 15) is 4.79 Å². The predicted octanol–water partition coefficient (Wildman–Crippen LogP) is 2.50. The highest BCUT2D eigenvalue weighted by Gasteiger charge is 2.14. The average molecular weight is 254 g/mol. The molecular weight excluding hydrogens is 236 g/mol. The second kappa shape index (κ2) is 6.16. The summed E-state index contributed by atoms with van der Waals surface area (Å²) in [6.45, 7) is 1.99. The van der Waals surface area contributed by atoms with Crippen molar-refractivity contribution >= 4 is 11.6 Å². The zero-order valence-corrected chi connectivity index (χ0v) is 11.0. The molecule has 0 saturated carbocycles. The zero-order valence-electron chi connectivity index (χ0n) is 11.0. The van der Waals surface area contributed by atoms with Gasteiger partial charge < -0.3 is 11.1 Å². The topological polar surface area (TPSA) is 55.1 Å². The maximum atomic E-state index is 12.0. The van der Waals surface area contributed by atoms with Gasteiger partial charge in [-0.05, 0) is 36.6 Å². The van der Waals surface area contributed by atoms with Crippen LogP contribution in [0.1, 0.15) is 11.1 Å². The van der Waals surface area contributed by atoms with E-state index in [1.807, 2.05) is 61.5 Å². The van der Waals surface area contributed by atoms with Crippen molar-refractivity contribution in [2.45, 2.75) is 19.4 Å². The monoisotopic (exact) mass is 254 g/mol. The number of aryl methyl sites for hydroxylation is 1. The number of nitrogens with one attached hydrogen (secondary N) is 1. The number of nitrogens with two attached hydrogens (primary N) is 1. The fourth-order valence-electron chi connectivity index (χ4n) is 1.92. The second-order valence-electron chi connectivity index (χ2n) is 4.65. The number of carbonyl (C=O) groups excluding carboxylic acids is 1. The molecule has 3 nitrogen and oxygen atoms in total. The van der Waals surface area contributed by atoms with Gasteiger partial charge in [-0.25, -0.2) is 0 Å². The number of carbonyl (C=O) groups is 1. The van der Waals surface area contributed by atoms with Crippen LogP contribution in [0.2, 0.25) is 0 Å². The number of hydrogen-bond acceptors (Lipinski definition) is 2. The van der Waals surface area contributed by atoms with E-state index in [0.29, 0.717) is 6.42 Å². The molecule has 1 atom stereocenters. The summed E-state index contributed by atoms with van der Waals surface area (Å²) in [7, 11) is 0. The van der Waals surface area contributed by atoms with Crippen LogP contribution in [0.25, 0.3) is 0 Å². The van der Waals surface area contributed by atoms with Crippen LogP contribution in [0.5, 0.6) is 0 Å². The number of anilines is 1. The van der Waals surface area contributed by atoms with E-state index in [4.69, 9.17) is 5.73 Å². The predicted molar refractivity (Wildman–Crippen MR) is 77.9 cm³/mol. The average Bonchev–Trinajstić information content (AvgIpc) is 2.40. The third-order valence-electron chi connectivity index (χ3n) is 2.92. The molecule has 0 spiro atoms. The Kier molecular flexibility index (Phi) is 4.31. The van der Waals surface area contributed by atoms with Gasteiger partial charge >= 0.3 is 0 Å². The third-order valence-corrected chi connectivity index (χ3v) is 2.92. The number of amides is 1. The Balaban J connectivity index is 1.96. The molecule has 0 aliphatic carbocycles. The van der Waals surface area contributed by atoms with Gasteiger partial charge in [0.2, 0.25) is 5.91 Å². The van der Waals surface area contributed by atoms with Crippen LogP contribution >= 0.6 is 0 Å². The Labute approximate surface area is 113 Å². The molecule has 0 fully saturated rings. The molecule has 2 aromatic carbocycles. The largest absolute Gasteiger partial charge is 0.325 e. The summed E-state index contributed by atoms with van der Waals surface area (Å²) in [5.41, 5.74) is 8.88. The molecule has 1 amide bonds. The normalized spacial score (nSPS) is 11.9. The fraction of sp³-hybridized carbons (Fsp3) is 0.188. The smallest absolute Gasteiger partial charge is 0.241 e. The fourth-order valence-corrected chi connectivity index (χ4v) is 1.92. The minimum absolute atomic E-state index is 0.158. The van der Waals surface area contributed by atoms with E-state index in [1.165, 1.54) is 0 Å². The first-order valence-electron chi connectivity index (χ1n) is 6.32. The van der Waals surface area contributed by atoms with Gasteiger partial charge in [-0.3, -0.25) is 4.79 Å². The van der Waals surface area contributed by atoms with Gasteiger partial charge in [0.25, 0.3) is 0 Å². The maximum absolute atomic E-state index is 12.0. The van der Waals surface area contributed by atoms with Crippen molar-refractivity contribution in [3.63, 3.8) is 0 Å². The molecule has 0 aromatic heterocycles. The lowest BCUT2D eigenvalue weighted by Crippen LogP contribution is -2.37. The van der Waals surface area contributed by atoms with Crippen LogP contribution in [0.3, 0.4) is 0 Å². The van der Waals surface area contributed by atoms with Gasteiger partial charge in [-0.15, -0.1) is 0 Å². The van der Waals surface area contributed by atoms with Gasteiger partial charge in [0.05, 0.1) is 6.04 Å². The summed E-state index contributed by atoms with van der Waals surface area (Å²) < 4.78 is 0. The first-order valence-corrected chi connectivity index (χ1v) is 6.32. The molecule has 1 unspecified atom stereocenters. The summed E-state index contributed by atoms with van der Waals surface area (Å²) in [6, 6.07) is 16.9. The van der Waals surface area contributed by atoms with Crippen molar-refractivity contribution in [2.75, 3.05) is 5.32 Å². The van der Waals surface area contributed by atoms with Crippen LogP contribution in [0.15, 0.2) is 54.6 Å². The minimum atomic E-state index is -0.539.